The molecule has 0 unspecified atom stereocenters. The molecule has 5 heteroatoms. The number of aliphatic carboxylic acids is 1. The van der Waals surface area contributed by atoms with Crippen molar-refractivity contribution in [1.82, 2.24) is 0 Å². The summed E-state index contributed by atoms with van der Waals surface area (Å²) in [6.07, 6.45) is 0. The van der Waals surface area contributed by atoms with Crippen LogP contribution in [0, 0.1) is 0 Å². The van der Waals surface area contributed by atoms with E-state index in [0.29, 0.717) is 5.69 Å². The van der Waals surface area contributed by atoms with Crippen molar-refractivity contribution in [3.8, 4) is 0 Å². The van der Waals surface area contributed by atoms with Crippen LogP contribution in [-0.4, -0.2) is 28.7 Å². The van der Waals surface area contributed by atoms with Gasteiger partial charge in [0.05, 0.1) is 5.56 Å². The molecule has 1 rings (SSSR count). The highest BCUT2D eigenvalue weighted by molar-refractivity contribution is 5.88. The molecule has 0 radical (unpaired) electrons. The molecule has 0 aromatic heterocycles. The highest BCUT2D eigenvalue weighted by Gasteiger charge is 2.01. The van der Waals surface area contributed by atoms with Crippen LogP contribution in [0.2, 0.25) is 0 Å². The number of carboxylic acid groups (broad SMARTS) is 2. The van der Waals surface area contributed by atoms with Gasteiger partial charge in [-0.25, -0.2) is 4.79 Å². The van der Waals surface area contributed by atoms with Crippen molar-refractivity contribution in [2.45, 2.75) is 13.8 Å². The average molecular weight is 225 g/mol. The molecule has 1 aromatic carbocycles. The fourth-order valence-electron chi connectivity index (χ4n) is 0.908. The van der Waals surface area contributed by atoms with Gasteiger partial charge in [-0.15, -0.1) is 0 Å². The monoisotopic (exact) mass is 225 g/mol. The van der Waals surface area contributed by atoms with Gasteiger partial charge in [-0.1, -0.05) is 13.8 Å². The number of rotatable bonds is 4. The Hall–Kier alpha value is -2.04. The van der Waals surface area contributed by atoms with Crippen LogP contribution in [0.3, 0.4) is 0 Å². The Morgan fingerprint density at radius 1 is 1.12 bits per heavy atom. The third kappa shape index (κ3) is 4.99. The number of nitrogens with one attached hydrogen (secondary N) is 1. The van der Waals surface area contributed by atoms with Gasteiger partial charge in [-0.2, -0.15) is 0 Å². The summed E-state index contributed by atoms with van der Waals surface area (Å²) < 4.78 is 0. The molecule has 88 valence electrons. The molecular formula is C11H15NO4. The van der Waals surface area contributed by atoms with Crippen LogP contribution in [0.5, 0.6) is 0 Å². The fraction of sp³-hybridized carbons (Fsp3) is 0.273. The molecule has 0 spiro atoms. The topological polar surface area (TPSA) is 86.6 Å². The number of carboxylic acids is 2. The second-order valence-electron chi connectivity index (χ2n) is 2.63. The predicted octanol–water partition coefficient (Wildman–Crippen LogP) is 1.91. The smallest absolute Gasteiger partial charge is 0.335 e. The largest absolute Gasteiger partial charge is 0.480 e. The quantitative estimate of drug-likeness (QED) is 0.728. The van der Waals surface area contributed by atoms with Crippen LogP contribution in [0.15, 0.2) is 24.3 Å². The summed E-state index contributed by atoms with van der Waals surface area (Å²) in [4.78, 5) is 20.7. The molecule has 1 aromatic rings. The lowest BCUT2D eigenvalue weighted by molar-refractivity contribution is -0.134. The van der Waals surface area contributed by atoms with Crippen LogP contribution >= 0.6 is 0 Å². The molecule has 0 heterocycles. The number of benzene rings is 1. The van der Waals surface area contributed by atoms with E-state index < -0.39 is 11.9 Å². The highest BCUT2D eigenvalue weighted by Crippen LogP contribution is 2.08. The second kappa shape index (κ2) is 7.28. The lowest BCUT2D eigenvalue weighted by atomic mass is 10.2. The summed E-state index contributed by atoms with van der Waals surface area (Å²) in [6, 6.07) is 5.86. The van der Waals surface area contributed by atoms with Crippen LogP contribution < -0.4 is 5.32 Å². The Morgan fingerprint density at radius 3 is 2.00 bits per heavy atom. The summed E-state index contributed by atoms with van der Waals surface area (Å²) in [7, 11) is 0. The first-order valence-corrected chi connectivity index (χ1v) is 4.88. The van der Waals surface area contributed by atoms with E-state index in [-0.39, 0.29) is 12.1 Å². The zero-order chi connectivity index (χ0) is 12.6. The van der Waals surface area contributed by atoms with Gasteiger partial charge in [0, 0.05) is 5.69 Å². The van der Waals surface area contributed by atoms with E-state index in [1.807, 2.05) is 13.8 Å². The van der Waals surface area contributed by atoms with Gasteiger partial charge in [0.15, 0.2) is 0 Å². The Bertz CT molecular complexity index is 346. The molecular weight excluding hydrogens is 210 g/mol. The van der Waals surface area contributed by atoms with Gasteiger partial charge in [-0.3, -0.25) is 4.79 Å². The van der Waals surface area contributed by atoms with Crippen LogP contribution in [-0.2, 0) is 4.79 Å². The summed E-state index contributed by atoms with van der Waals surface area (Å²) in [5.41, 5.74) is 0.753. The van der Waals surface area contributed by atoms with E-state index in [0.717, 1.165) is 0 Å². The molecule has 0 saturated heterocycles. The average Bonchev–Trinajstić information content (AvgIpc) is 2.29. The predicted molar refractivity (Wildman–Crippen MR) is 60.9 cm³/mol. The summed E-state index contributed by atoms with van der Waals surface area (Å²) >= 11 is 0. The Morgan fingerprint density at radius 2 is 1.62 bits per heavy atom. The Balaban J connectivity index is 0.00000106. The molecule has 16 heavy (non-hydrogen) atoms. The summed E-state index contributed by atoms with van der Waals surface area (Å²) in [6.45, 7) is 3.81. The molecule has 0 aliphatic carbocycles. The maximum Gasteiger partial charge on any atom is 0.335 e. The lowest BCUT2D eigenvalue weighted by Gasteiger charge is -2.02. The zero-order valence-electron chi connectivity index (χ0n) is 9.23. The van der Waals surface area contributed by atoms with Crippen molar-refractivity contribution in [2.24, 2.45) is 0 Å². The van der Waals surface area contributed by atoms with Gasteiger partial charge in [0.25, 0.3) is 0 Å². The van der Waals surface area contributed by atoms with Crippen molar-refractivity contribution in [2.75, 3.05) is 11.9 Å². The minimum atomic E-state index is -1.00. The molecule has 0 fully saturated rings. The van der Waals surface area contributed by atoms with E-state index in [2.05, 4.69) is 5.32 Å². The van der Waals surface area contributed by atoms with Crippen LogP contribution in [0.25, 0.3) is 0 Å². The van der Waals surface area contributed by atoms with Gasteiger partial charge >= 0.3 is 11.9 Å². The summed E-state index contributed by atoms with van der Waals surface area (Å²) in [5.74, 6) is -1.97. The van der Waals surface area contributed by atoms with Crippen LogP contribution in [0.4, 0.5) is 5.69 Å². The van der Waals surface area contributed by atoms with E-state index in [9.17, 15) is 9.59 Å². The maximum atomic E-state index is 10.5. The Labute approximate surface area is 93.7 Å². The van der Waals surface area contributed by atoms with E-state index >= 15 is 0 Å². The molecule has 0 aliphatic rings. The fourth-order valence-corrected chi connectivity index (χ4v) is 0.908. The number of hydrogen-bond acceptors (Lipinski definition) is 3. The van der Waals surface area contributed by atoms with Crippen LogP contribution in [0.1, 0.15) is 24.2 Å². The van der Waals surface area contributed by atoms with Crippen molar-refractivity contribution in [1.29, 1.82) is 0 Å². The van der Waals surface area contributed by atoms with Gasteiger partial charge in [-0.05, 0) is 24.3 Å². The highest BCUT2D eigenvalue weighted by atomic mass is 16.4. The third-order valence-electron chi connectivity index (χ3n) is 1.58. The number of anilines is 1. The number of hydrogen-bond donors (Lipinski definition) is 3. The first-order valence-electron chi connectivity index (χ1n) is 4.88. The van der Waals surface area contributed by atoms with Gasteiger partial charge < -0.3 is 15.5 Å². The van der Waals surface area contributed by atoms with Crippen molar-refractivity contribution >= 4 is 17.6 Å². The Kier molecular flexibility index (Phi) is 6.35. The molecule has 0 atom stereocenters. The van der Waals surface area contributed by atoms with E-state index in [1.165, 1.54) is 24.3 Å². The molecule has 0 bridgehead atoms. The van der Waals surface area contributed by atoms with Crippen molar-refractivity contribution < 1.29 is 19.8 Å². The molecule has 0 aliphatic heterocycles. The van der Waals surface area contributed by atoms with E-state index in [4.69, 9.17) is 10.2 Å². The van der Waals surface area contributed by atoms with Gasteiger partial charge in [0.1, 0.15) is 6.54 Å². The third-order valence-corrected chi connectivity index (χ3v) is 1.58. The number of carbonyl (C=O) groups is 2. The zero-order valence-corrected chi connectivity index (χ0v) is 9.23. The SMILES string of the molecule is CC.O=C(O)CNc1ccc(C(=O)O)cc1. The minimum Gasteiger partial charge on any atom is -0.480 e. The minimum absolute atomic E-state index is 0.172. The summed E-state index contributed by atoms with van der Waals surface area (Å²) in [5, 5.41) is 19.6. The molecule has 0 amide bonds. The first-order chi connectivity index (χ1) is 7.59. The first kappa shape index (κ1) is 14.0. The van der Waals surface area contributed by atoms with Crippen molar-refractivity contribution in [3.63, 3.8) is 0 Å². The molecule has 0 saturated carbocycles. The maximum absolute atomic E-state index is 10.5. The normalized spacial score (nSPS) is 8.62. The molecule has 3 N–H and O–H groups in total. The van der Waals surface area contributed by atoms with Crippen molar-refractivity contribution in [3.05, 3.63) is 29.8 Å². The lowest BCUT2D eigenvalue weighted by Crippen LogP contribution is -2.12. The molecule has 5 nitrogen and oxygen atoms in total. The van der Waals surface area contributed by atoms with Gasteiger partial charge in [0.2, 0.25) is 0 Å². The van der Waals surface area contributed by atoms with E-state index in [1.54, 1.807) is 0 Å². The second-order valence-corrected chi connectivity index (χ2v) is 2.63. The standard InChI is InChI=1S/C9H9NO4.C2H6/c11-8(12)5-10-7-3-1-6(2-4-7)9(13)14;1-2/h1-4,10H,5H2,(H,11,12)(H,13,14);1-2H3. The number of aromatic carboxylic acids is 1.